The molecule has 0 fully saturated rings. The molecule has 1 heterocycles. The Morgan fingerprint density at radius 2 is 2.16 bits per heavy atom. The Morgan fingerprint density at radius 3 is 2.79 bits per heavy atom. The largest absolute Gasteiger partial charge is 0.347 e. The van der Waals surface area contributed by atoms with Crippen molar-refractivity contribution in [2.75, 3.05) is 5.32 Å². The summed E-state index contributed by atoms with van der Waals surface area (Å²) in [6.45, 7) is 1.66. The summed E-state index contributed by atoms with van der Waals surface area (Å²) in [5.41, 5.74) is 0.172. The maximum atomic E-state index is 13.0. The molecule has 0 bridgehead atoms. The number of hydrogen-bond donors (Lipinski definition) is 2. The van der Waals surface area contributed by atoms with Crippen LogP contribution in [0.2, 0.25) is 5.02 Å². The van der Waals surface area contributed by atoms with E-state index in [1.54, 1.807) is 6.92 Å². The molecule has 19 heavy (non-hydrogen) atoms. The number of aromatic amines is 1. The molecule has 0 saturated heterocycles. The van der Waals surface area contributed by atoms with Crippen molar-refractivity contribution in [1.29, 1.82) is 0 Å². The first-order chi connectivity index (χ1) is 8.95. The summed E-state index contributed by atoms with van der Waals surface area (Å²) in [4.78, 5) is 29.0. The third-order valence-corrected chi connectivity index (χ3v) is 2.59. The van der Waals surface area contributed by atoms with Gasteiger partial charge >= 0.3 is 5.69 Å². The van der Waals surface area contributed by atoms with E-state index in [9.17, 15) is 14.0 Å². The summed E-state index contributed by atoms with van der Waals surface area (Å²) in [6.07, 6.45) is 0. The van der Waals surface area contributed by atoms with E-state index in [0.717, 1.165) is 6.07 Å². The van der Waals surface area contributed by atoms with Crippen LogP contribution < -0.4 is 11.0 Å². The molecular formula is C12H9ClFN3O2. The number of halogens is 2. The molecular weight excluding hydrogens is 273 g/mol. The zero-order valence-corrected chi connectivity index (χ0v) is 10.6. The van der Waals surface area contributed by atoms with Crippen LogP contribution in [0.25, 0.3) is 0 Å². The molecule has 0 atom stereocenters. The second-order valence-electron chi connectivity index (χ2n) is 3.84. The zero-order chi connectivity index (χ0) is 14.0. The van der Waals surface area contributed by atoms with Crippen LogP contribution in [-0.2, 0) is 0 Å². The first kappa shape index (κ1) is 13.2. The molecule has 2 aromatic rings. The SMILES string of the molecule is Cc1cc(NC(=O)c2ccc(F)c(Cl)c2)nc(=O)[nH]1. The van der Waals surface area contributed by atoms with Gasteiger partial charge in [-0.25, -0.2) is 9.18 Å². The number of benzene rings is 1. The number of hydrogen-bond acceptors (Lipinski definition) is 3. The quantitative estimate of drug-likeness (QED) is 0.885. The van der Waals surface area contributed by atoms with E-state index in [-0.39, 0.29) is 16.4 Å². The third-order valence-electron chi connectivity index (χ3n) is 2.30. The van der Waals surface area contributed by atoms with Gasteiger partial charge in [-0.1, -0.05) is 11.6 Å². The van der Waals surface area contributed by atoms with Gasteiger partial charge in [0.2, 0.25) is 0 Å². The summed E-state index contributed by atoms with van der Waals surface area (Å²) >= 11 is 5.59. The van der Waals surface area contributed by atoms with Gasteiger partial charge in [0.05, 0.1) is 5.02 Å². The Balaban J connectivity index is 2.25. The zero-order valence-electron chi connectivity index (χ0n) is 9.83. The fraction of sp³-hybridized carbons (Fsp3) is 0.0833. The van der Waals surface area contributed by atoms with E-state index in [1.807, 2.05) is 0 Å². The Labute approximate surface area is 112 Å². The Bertz CT molecular complexity index is 700. The number of H-pyrrole nitrogens is 1. The van der Waals surface area contributed by atoms with Gasteiger partial charge in [0, 0.05) is 17.3 Å². The number of rotatable bonds is 2. The van der Waals surface area contributed by atoms with Crippen molar-refractivity contribution in [1.82, 2.24) is 9.97 Å². The minimum atomic E-state index is -0.608. The lowest BCUT2D eigenvalue weighted by molar-refractivity contribution is 0.102. The molecule has 7 heteroatoms. The predicted octanol–water partition coefficient (Wildman–Crippen LogP) is 2.12. The number of nitrogens with one attached hydrogen (secondary N) is 2. The van der Waals surface area contributed by atoms with Crippen molar-refractivity contribution in [3.8, 4) is 0 Å². The molecule has 5 nitrogen and oxygen atoms in total. The maximum Gasteiger partial charge on any atom is 0.347 e. The number of aryl methyl sites for hydroxylation is 1. The van der Waals surface area contributed by atoms with Crippen LogP contribution in [0, 0.1) is 12.7 Å². The average molecular weight is 282 g/mol. The van der Waals surface area contributed by atoms with Crippen molar-refractivity contribution >= 4 is 23.3 Å². The van der Waals surface area contributed by atoms with Crippen molar-refractivity contribution in [2.24, 2.45) is 0 Å². The van der Waals surface area contributed by atoms with E-state index < -0.39 is 17.4 Å². The molecule has 98 valence electrons. The highest BCUT2D eigenvalue weighted by Crippen LogP contribution is 2.16. The highest BCUT2D eigenvalue weighted by molar-refractivity contribution is 6.31. The fourth-order valence-electron chi connectivity index (χ4n) is 1.47. The molecule has 1 amide bonds. The number of amides is 1. The van der Waals surface area contributed by atoms with Crippen molar-refractivity contribution < 1.29 is 9.18 Å². The Morgan fingerprint density at radius 1 is 1.42 bits per heavy atom. The number of anilines is 1. The highest BCUT2D eigenvalue weighted by Gasteiger charge is 2.10. The summed E-state index contributed by atoms with van der Waals surface area (Å²) in [6, 6.07) is 5.08. The summed E-state index contributed by atoms with van der Waals surface area (Å²) in [5, 5.41) is 2.29. The van der Waals surface area contributed by atoms with Gasteiger partial charge in [-0.2, -0.15) is 4.98 Å². The third kappa shape index (κ3) is 3.17. The van der Waals surface area contributed by atoms with E-state index in [0.29, 0.717) is 5.69 Å². The smallest absolute Gasteiger partial charge is 0.310 e. The average Bonchev–Trinajstić information content (AvgIpc) is 2.31. The first-order valence-corrected chi connectivity index (χ1v) is 5.68. The Hall–Kier alpha value is -2.21. The van der Waals surface area contributed by atoms with Crippen LogP contribution in [-0.4, -0.2) is 15.9 Å². The van der Waals surface area contributed by atoms with E-state index in [1.165, 1.54) is 18.2 Å². The van der Waals surface area contributed by atoms with Crippen LogP contribution >= 0.6 is 11.6 Å². The fourth-order valence-corrected chi connectivity index (χ4v) is 1.65. The normalized spacial score (nSPS) is 10.3. The number of nitrogens with zero attached hydrogens (tertiary/aromatic N) is 1. The second kappa shape index (κ2) is 5.19. The number of carbonyl (C=O) groups excluding carboxylic acids is 1. The summed E-state index contributed by atoms with van der Waals surface area (Å²) in [7, 11) is 0. The Kier molecular flexibility index (Phi) is 3.62. The predicted molar refractivity (Wildman–Crippen MR) is 69.0 cm³/mol. The van der Waals surface area contributed by atoms with Crippen molar-refractivity contribution in [2.45, 2.75) is 6.92 Å². The van der Waals surface area contributed by atoms with Crippen molar-refractivity contribution in [3.63, 3.8) is 0 Å². The lowest BCUT2D eigenvalue weighted by Crippen LogP contribution is -2.18. The molecule has 0 spiro atoms. The van der Waals surface area contributed by atoms with Gasteiger partial charge in [-0.3, -0.25) is 4.79 Å². The van der Waals surface area contributed by atoms with Gasteiger partial charge in [-0.05, 0) is 25.1 Å². The molecule has 1 aromatic carbocycles. The van der Waals surface area contributed by atoms with Crippen LogP contribution in [0.1, 0.15) is 16.1 Å². The van der Waals surface area contributed by atoms with Crippen LogP contribution in [0.5, 0.6) is 0 Å². The lowest BCUT2D eigenvalue weighted by Gasteiger charge is -2.05. The highest BCUT2D eigenvalue weighted by atomic mass is 35.5. The molecule has 0 aliphatic rings. The van der Waals surface area contributed by atoms with E-state index >= 15 is 0 Å². The van der Waals surface area contributed by atoms with Gasteiger partial charge in [0.15, 0.2) is 0 Å². The topological polar surface area (TPSA) is 74.8 Å². The van der Waals surface area contributed by atoms with Gasteiger partial charge in [0.25, 0.3) is 5.91 Å². The monoisotopic (exact) mass is 281 g/mol. The second-order valence-corrected chi connectivity index (χ2v) is 4.24. The van der Waals surface area contributed by atoms with Gasteiger partial charge < -0.3 is 10.3 Å². The number of aromatic nitrogens is 2. The maximum absolute atomic E-state index is 13.0. The van der Waals surface area contributed by atoms with E-state index in [4.69, 9.17) is 11.6 Å². The minimum absolute atomic E-state index is 0.117. The summed E-state index contributed by atoms with van der Waals surface area (Å²) in [5.74, 6) is -1.02. The lowest BCUT2D eigenvalue weighted by atomic mass is 10.2. The molecule has 0 saturated carbocycles. The first-order valence-electron chi connectivity index (χ1n) is 5.30. The molecule has 0 aliphatic carbocycles. The van der Waals surface area contributed by atoms with Crippen LogP contribution in [0.15, 0.2) is 29.1 Å². The number of carbonyl (C=O) groups is 1. The summed E-state index contributed by atoms with van der Waals surface area (Å²) < 4.78 is 13.0. The molecule has 0 unspecified atom stereocenters. The molecule has 2 N–H and O–H groups in total. The molecule has 0 aliphatic heterocycles. The van der Waals surface area contributed by atoms with Gasteiger partial charge in [0.1, 0.15) is 11.6 Å². The van der Waals surface area contributed by atoms with Crippen LogP contribution in [0.4, 0.5) is 10.2 Å². The van der Waals surface area contributed by atoms with Gasteiger partial charge in [-0.15, -0.1) is 0 Å². The van der Waals surface area contributed by atoms with Crippen molar-refractivity contribution in [3.05, 3.63) is 56.8 Å². The molecule has 2 rings (SSSR count). The molecule has 1 aromatic heterocycles. The minimum Gasteiger partial charge on any atom is -0.310 e. The molecule has 0 radical (unpaired) electrons. The van der Waals surface area contributed by atoms with E-state index in [2.05, 4.69) is 15.3 Å². The standard InChI is InChI=1S/C12H9ClFN3O2/c1-6-4-10(17-12(19)15-6)16-11(18)7-2-3-9(14)8(13)5-7/h2-5H,1H3,(H2,15,16,17,18,19). The van der Waals surface area contributed by atoms with Crippen LogP contribution in [0.3, 0.4) is 0 Å².